The fourth-order valence-electron chi connectivity index (χ4n) is 2.28. The first-order valence-corrected chi connectivity index (χ1v) is 6.77. The minimum atomic E-state index is 0.0584. The second kappa shape index (κ2) is 5.78. The van der Waals surface area contributed by atoms with Crippen LogP contribution >= 0.6 is 0 Å². The Morgan fingerprint density at radius 2 is 2.05 bits per heavy atom. The number of carbonyl (C=O) groups excluding carboxylic acids is 1. The van der Waals surface area contributed by atoms with E-state index in [0.29, 0.717) is 6.54 Å². The molecule has 1 heterocycles. The highest BCUT2D eigenvalue weighted by atomic mass is 16.2. The Bertz CT molecular complexity index is 570. The van der Waals surface area contributed by atoms with Crippen LogP contribution in [0.3, 0.4) is 0 Å². The number of fused-ring (bicyclic) bond motifs is 1. The van der Waals surface area contributed by atoms with Crippen LogP contribution in [-0.4, -0.2) is 16.5 Å². The zero-order valence-electron chi connectivity index (χ0n) is 11.5. The SMILES string of the molecule is CCC(CC)NC(=O)Cn1ccc2cc(N)ccc21. The van der Waals surface area contributed by atoms with Gasteiger partial charge in [0.2, 0.25) is 5.91 Å². The Labute approximate surface area is 113 Å². The molecule has 0 atom stereocenters. The van der Waals surface area contributed by atoms with Crippen LogP contribution in [0.15, 0.2) is 30.5 Å². The largest absolute Gasteiger partial charge is 0.399 e. The van der Waals surface area contributed by atoms with Gasteiger partial charge in [-0.2, -0.15) is 0 Å². The smallest absolute Gasteiger partial charge is 0.240 e. The number of anilines is 1. The van der Waals surface area contributed by atoms with E-state index < -0.39 is 0 Å². The number of carbonyl (C=O) groups is 1. The summed E-state index contributed by atoms with van der Waals surface area (Å²) in [4.78, 5) is 12.0. The van der Waals surface area contributed by atoms with E-state index in [1.54, 1.807) is 0 Å². The fraction of sp³-hybridized carbons (Fsp3) is 0.400. The number of hydrogen-bond donors (Lipinski definition) is 2. The molecule has 102 valence electrons. The third-order valence-electron chi connectivity index (χ3n) is 3.46. The molecule has 2 rings (SSSR count). The van der Waals surface area contributed by atoms with Gasteiger partial charge in [0.15, 0.2) is 0 Å². The normalized spacial score (nSPS) is 11.1. The van der Waals surface area contributed by atoms with Crippen molar-refractivity contribution < 1.29 is 4.79 Å². The zero-order chi connectivity index (χ0) is 13.8. The lowest BCUT2D eigenvalue weighted by atomic mass is 10.2. The lowest BCUT2D eigenvalue weighted by molar-refractivity contribution is -0.122. The molecule has 2 aromatic rings. The summed E-state index contributed by atoms with van der Waals surface area (Å²) in [6, 6.07) is 7.98. The van der Waals surface area contributed by atoms with Crippen LogP contribution in [0, 0.1) is 0 Å². The molecule has 0 unspecified atom stereocenters. The zero-order valence-corrected chi connectivity index (χ0v) is 11.5. The number of rotatable bonds is 5. The van der Waals surface area contributed by atoms with Crippen molar-refractivity contribution in [1.29, 1.82) is 0 Å². The monoisotopic (exact) mass is 259 g/mol. The van der Waals surface area contributed by atoms with Crippen LogP contribution in [0.5, 0.6) is 0 Å². The molecule has 0 spiro atoms. The molecule has 0 saturated heterocycles. The van der Waals surface area contributed by atoms with Crippen molar-refractivity contribution in [2.75, 3.05) is 5.73 Å². The van der Waals surface area contributed by atoms with Crippen molar-refractivity contribution in [2.45, 2.75) is 39.3 Å². The van der Waals surface area contributed by atoms with Crippen molar-refractivity contribution in [3.63, 3.8) is 0 Å². The summed E-state index contributed by atoms with van der Waals surface area (Å²) in [6.07, 6.45) is 3.85. The summed E-state index contributed by atoms with van der Waals surface area (Å²) in [5.74, 6) is 0.0584. The van der Waals surface area contributed by atoms with E-state index >= 15 is 0 Å². The van der Waals surface area contributed by atoms with Gasteiger partial charge in [0.1, 0.15) is 6.54 Å². The molecule has 0 aliphatic heterocycles. The number of aromatic nitrogens is 1. The molecule has 1 aromatic carbocycles. The third kappa shape index (κ3) is 3.08. The number of benzene rings is 1. The minimum Gasteiger partial charge on any atom is -0.399 e. The van der Waals surface area contributed by atoms with Crippen LogP contribution in [0.1, 0.15) is 26.7 Å². The van der Waals surface area contributed by atoms with Gasteiger partial charge in [-0.3, -0.25) is 4.79 Å². The predicted octanol–water partition coefficient (Wildman–Crippen LogP) is 2.53. The van der Waals surface area contributed by atoms with Gasteiger partial charge in [0, 0.05) is 28.8 Å². The van der Waals surface area contributed by atoms with Crippen LogP contribution in [0.25, 0.3) is 10.9 Å². The van der Waals surface area contributed by atoms with Crippen LogP contribution in [0.2, 0.25) is 0 Å². The molecule has 0 saturated carbocycles. The third-order valence-corrected chi connectivity index (χ3v) is 3.46. The summed E-state index contributed by atoms with van der Waals surface area (Å²) < 4.78 is 1.95. The van der Waals surface area contributed by atoms with Crippen molar-refractivity contribution >= 4 is 22.5 Å². The highest BCUT2D eigenvalue weighted by Crippen LogP contribution is 2.18. The number of amides is 1. The quantitative estimate of drug-likeness (QED) is 0.811. The first-order chi connectivity index (χ1) is 9.13. The fourth-order valence-corrected chi connectivity index (χ4v) is 2.28. The topological polar surface area (TPSA) is 60.0 Å². The Balaban J connectivity index is 2.11. The van der Waals surface area contributed by atoms with E-state index in [4.69, 9.17) is 5.73 Å². The van der Waals surface area contributed by atoms with Crippen molar-refractivity contribution in [2.24, 2.45) is 0 Å². The molecule has 1 amide bonds. The van der Waals surface area contributed by atoms with Crippen molar-refractivity contribution in [1.82, 2.24) is 9.88 Å². The highest BCUT2D eigenvalue weighted by molar-refractivity contribution is 5.85. The first-order valence-electron chi connectivity index (χ1n) is 6.77. The molecule has 0 bridgehead atoms. The van der Waals surface area contributed by atoms with Gasteiger partial charge in [-0.15, -0.1) is 0 Å². The summed E-state index contributed by atoms with van der Waals surface area (Å²) in [5.41, 5.74) is 7.53. The molecule has 1 aromatic heterocycles. The van der Waals surface area contributed by atoms with Gasteiger partial charge >= 0.3 is 0 Å². The lowest BCUT2D eigenvalue weighted by Crippen LogP contribution is -2.36. The van der Waals surface area contributed by atoms with Crippen molar-refractivity contribution in [3.8, 4) is 0 Å². The molecule has 4 heteroatoms. The Hall–Kier alpha value is -1.97. The van der Waals surface area contributed by atoms with Crippen LogP contribution < -0.4 is 11.1 Å². The highest BCUT2D eigenvalue weighted by Gasteiger charge is 2.10. The number of nitrogens with two attached hydrogens (primary N) is 1. The predicted molar refractivity (Wildman–Crippen MR) is 78.9 cm³/mol. The second-order valence-corrected chi connectivity index (χ2v) is 4.84. The number of nitrogens with one attached hydrogen (secondary N) is 1. The molecule has 0 aliphatic rings. The average Bonchev–Trinajstić information content (AvgIpc) is 2.78. The average molecular weight is 259 g/mol. The first kappa shape index (κ1) is 13.5. The van der Waals surface area contributed by atoms with Gasteiger partial charge < -0.3 is 15.6 Å². The van der Waals surface area contributed by atoms with Gasteiger partial charge in [-0.05, 0) is 37.1 Å². The Morgan fingerprint density at radius 1 is 1.32 bits per heavy atom. The van der Waals surface area contributed by atoms with Crippen molar-refractivity contribution in [3.05, 3.63) is 30.5 Å². The van der Waals surface area contributed by atoms with Gasteiger partial charge in [0.25, 0.3) is 0 Å². The van der Waals surface area contributed by atoms with E-state index in [9.17, 15) is 4.79 Å². The van der Waals surface area contributed by atoms with E-state index in [-0.39, 0.29) is 11.9 Å². The summed E-state index contributed by atoms with van der Waals surface area (Å²) >= 11 is 0. The van der Waals surface area contributed by atoms with E-state index in [1.165, 1.54) is 0 Å². The maximum atomic E-state index is 12.0. The molecule has 3 N–H and O–H groups in total. The molecular formula is C15H21N3O. The van der Waals surface area contributed by atoms with Crippen LogP contribution in [-0.2, 0) is 11.3 Å². The number of hydrogen-bond acceptors (Lipinski definition) is 2. The van der Waals surface area contributed by atoms with Gasteiger partial charge in [0.05, 0.1) is 0 Å². The minimum absolute atomic E-state index is 0.0584. The maximum Gasteiger partial charge on any atom is 0.240 e. The molecule has 0 radical (unpaired) electrons. The van der Waals surface area contributed by atoms with Gasteiger partial charge in [-0.25, -0.2) is 0 Å². The number of nitrogen functional groups attached to an aromatic ring is 1. The Morgan fingerprint density at radius 3 is 2.74 bits per heavy atom. The van der Waals surface area contributed by atoms with E-state index in [1.807, 2.05) is 35.0 Å². The van der Waals surface area contributed by atoms with Crippen LogP contribution in [0.4, 0.5) is 5.69 Å². The summed E-state index contributed by atoms with van der Waals surface area (Å²) in [5, 5.41) is 4.11. The molecule has 4 nitrogen and oxygen atoms in total. The standard InChI is InChI=1S/C15H21N3O/c1-3-13(4-2)17-15(19)10-18-8-7-11-9-12(16)5-6-14(11)18/h5-9,13H,3-4,10,16H2,1-2H3,(H,17,19). The number of nitrogens with zero attached hydrogens (tertiary/aromatic N) is 1. The molecule has 0 aliphatic carbocycles. The molecular weight excluding hydrogens is 238 g/mol. The molecule has 19 heavy (non-hydrogen) atoms. The maximum absolute atomic E-state index is 12.0. The van der Waals surface area contributed by atoms with Gasteiger partial charge in [-0.1, -0.05) is 13.8 Å². The summed E-state index contributed by atoms with van der Waals surface area (Å²) in [7, 11) is 0. The second-order valence-electron chi connectivity index (χ2n) is 4.84. The van der Waals surface area contributed by atoms with E-state index in [0.717, 1.165) is 29.4 Å². The Kier molecular flexibility index (Phi) is 4.10. The van der Waals surface area contributed by atoms with E-state index in [2.05, 4.69) is 19.2 Å². The lowest BCUT2D eigenvalue weighted by Gasteiger charge is -2.15. The summed E-state index contributed by atoms with van der Waals surface area (Å²) in [6.45, 7) is 4.52. The molecule has 0 fully saturated rings.